The molecular formula is C15H20ClN3. The van der Waals surface area contributed by atoms with E-state index in [0.717, 1.165) is 44.8 Å². The highest BCUT2D eigenvalue weighted by Crippen LogP contribution is 2.25. The summed E-state index contributed by atoms with van der Waals surface area (Å²) >= 11 is 6.07. The van der Waals surface area contributed by atoms with Crippen molar-refractivity contribution in [1.29, 1.82) is 5.26 Å². The van der Waals surface area contributed by atoms with Crippen LogP contribution in [0.15, 0.2) is 18.2 Å². The van der Waals surface area contributed by atoms with Crippen molar-refractivity contribution in [3.05, 3.63) is 28.8 Å². The van der Waals surface area contributed by atoms with Crippen LogP contribution in [0.5, 0.6) is 0 Å². The molecule has 1 fully saturated rings. The predicted molar refractivity (Wildman–Crippen MR) is 79.7 cm³/mol. The number of rotatable bonds is 3. The monoisotopic (exact) mass is 277 g/mol. The van der Waals surface area contributed by atoms with Gasteiger partial charge >= 0.3 is 0 Å². The summed E-state index contributed by atoms with van der Waals surface area (Å²) in [5.41, 5.74) is 1.70. The van der Waals surface area contributed by atoms with Crippen molar-refractivity contribution in [2.75, 3.05) is 37.6 Å². The third-order valence-electron chi connectivity index (χ3n) is 3.55. The molecule has 4 heteroatoms. The molecule has 0 spiro atoms. The van der Waals surface area contributed by atoms with Crippen LogP contribution in [0.4, 0.5) is 5.69 Å². The summed E-state index contributed by atoms with van der Waals surface area (Å²) in [6, 6.07) is 7.77. The van der Waals surface area contributed by atoms with Gasteiger partial charge in [0.2, 0.25) is 0 Å². The summed E-state index contributed by atoms with van der Waals surface area (Å²) in [5, 5.41) is 9.91. The Morgan fingerprint density at radius 1 is 1.26 bits per heavy atom. The molecular weight excluding hydrogens is 258 g/mol. The normalized spacial score (nSPS) is 17.0. The van der Waals surface area contributed by atoms with Crippen LogP contribution in [0.1, 0.15) is 25.3 Å². The van der Waals surface area contributed by atoms with Crippen LogP contribution >= 0.6 is 11.6 Å². The van der Waals surface area contributed by atoms with Gasteiger partial charge in [0.05, 0.1) is 11.3 Å². The Bertz CT molecular complexity index is 467. The maximum Gasteiger partial charge on any atom is 0.101 e. The molecule has 1 saturated heterocycles. The van der Waals surface area contributed by atoms with Crippen LogP contribution in [0.2, 0.25) is 5.02 Å². The standard InChI is InChI=1S/C15H20ClN3/c1-2-6-18-7-3-8-19(10-9-18)15-11-14(16)5-4-13(15)12-17/h4-5,11H,2-3,6-10H2,1H3. The van der Waals surface area contributed by atoms with E-state index in [9.17, 15) is 5.26 Å². The molecule has 0 unspecified atom stereocenters. The summed E-state index contributed by atoms with van der Waals surface area (Å²) in [6.07, 6.45) is 2.33. The molecule has 19 heavy (non-hydrogen) atoms. The molecule has 2 rings (SSSR count). The van der Waals surface area contributed by atoms with Gasteiger partial charge in [-0.2, -0.15) is 5.26 Å². The van der Waals surface area contributed by atoms with E-state index < -0.39 is 0 Å². The Hall–Kier alpha value is -1.24. The number of anilines is 1. The van der Waals surface area contributed by atoms with Gasteiger partial charge in [-0.15, -0.1) is 0 Å². The van der Waals surface area contributed by atoms with Gasteiger partial charge in [-0.25, -0.2) is 0 Å². The maximum absolute atomic E-state index is 9.22. The van der Waals surface area contributed by atoms with Gasteiger partial charge in [-0.3, -0.25) is 0 Å². The fourth-order valence-electron chi connectivity index (χ4n) is 2.61. The van der Waals surface area contributed by atoms with E-state index in [1.807, 2.05) is 12.1 Å². The summed E-state index contributed by atoms with van der Waals surface area (Å²) in [6.45, 7) is 7.55. The van der Waals surface area contributed by atoms with Crippen molar-refractivity contribution in [1.82, 2.24) is 4.90 Å². The van der Waals surface area contributed by atoms with E-state index >= 15 is 0 Å². The van der Waals surface area contributed by atoms with Crippen molar-refractivity contribution >= 4 is 17.3 Å². The Morgan fingerprint density at radius 3 is 2.84 bits per heavy atom. The van der Waals surface area contributed by atoms with Crippen molar-refractivity contribution in [2.24, 2.45) is 0 Å². The lowest BCUT2D eigenvalue weighted by Crippen LogP contribution is -2.31. The molecule has 0 N–H and O–H groups in total. The number of hydrogen-bond donors (Lipinski definition) is 0. The first kappa shape index (κ1) is 14.2. The molecule has 1 aliphatic rings. The average Bonchev–Trinajstić information content (AvgIpc) is 2.65. The average molecular weight is 278 g/mol. The van der Waals surface area contributed by atoms with E-state index in [0.29, 0.717) is 10.6 Å². The molecule has 0 bridgehead atoms. The van der Waals surface area contributed by atoms with Crippen molar-refractivity contribution in [2.45, 2.75) is 19.8 Å². The first-order chi connectivity index (χ1) is 9.24. The van der Waals surface area contributed by atoms with Gasteiger partial charge in [0.1, 0.15) is 6.07 Å². The lowest BCUT2D eigenvalue weighted by atomic mass is 10.1. The topological polar surface area (TPSA) is 30.3 Å². The lowest BCUT2D eigenvalue weighted by Gasteiger charge is -2.24. The van der Waals surface area contributed by atoms with E-state index in [2.05, 4.69) is 22.8 Å². The number of halogens is 1. The van der Waals surface area contributed by atoms with E-state index in [4.69, 9.17) is 11.6 Å². The van der Waals surface area contributed by atoms with Gasteiger partial charge < -0.3 is 9.80 Å². The zero-order valence-corrected chi connectivity index (χ0v) is 12.2. The number of nitrogens with zero attached hydrogens (tertiary/aromatic N) is 3. The Morgan fingerprint density at radius 2 is 2.11 bits per heavy atom. The maximum atomic E-state index is 9.22. The summed E-state index contributed by atoms with van der Waals surface area (Å²) in [5.74, 6) is 0. The zero-order chi connectivity index (χ0) is 13.7. The second-order valence-corrected chi connectivity index (χ2v) is 5.39. The molecule has 3 nitrogen and oxygen atoms in total. The summed E-state index contributed by atoms with van der Waals surface area (Å²) in [4.78, 5) is 4.79. The van der Waals surface area contributed by atoms with Crippen molar-refractivity contribution in [3.63, 3.8) is 0 Å². The highest BCUT2D eigenvalue weighted by Gasteiger charge is 2.17. The van der Waals surface area contributed by atoms with Crippen LogP contribution in [0.3, 0.4) is 0 Å². The van der Waals surface area contributed by atoms with E-state index in [1.165, 1.54) is 6.42 Å². The first-order valence-corrected chi connectivity index (χ1v) is 7.29. The van der Waals surface area contributed by atoms with Gasteiger partial charge in [0.15, 0.2) is 0 Å². The smallest absolute Gasteiger partial charge is 0.101 e. The van der Waals surface area contributed by atoms with Crippen LogP contribution < -0.4 is 4.90 Å². The molecule has 1 aliphatic heterocycles. The molecule has 0 atom stereocenters. The van der Waals surface area contributed by atoms with Crippen LogP contribution in [-0.4, -0.2) is 37.6 Å². The number of nitriles is 1. The molecule has 1 aromatic carbocycles. The van der Waals surface area contributed by atoms with Gasteiger partial charge in [-0.1, -0.05) is 18.5 Å². The molecule has 0 amide bonds. The van der Waals surface area contributed by atoms with E-state index in [-0.39, 0.29) is 0 Å². The van der Waals surface area contributed by atoms with Crippen molar-refractivity contribution in [3.8, 4) is 6.07 Å². The first-order valence-electron chi connectivity index (χ1n) is 6.91. The third-order valence-corrected chi connectivity index (χ3v) is 3.78. The highest BCUT2D eigenvalue weighted by molar-refractivity contribution is 6.30. The van der Waals surface area contributed by atoms with E-state index in [1.54, 1.807) is 6.07 Å². The minimum atomic E-state index is 0.698. The molecule has 0 radical (unpaired) electrons. The van der Waals surface area contributed by atoms with Crippen LogP contribution in [0.25, 0.3) is 0 Å². The van der Waals surface area contributed by atoms with Crippen molar-refractivity contribution < 1.29 is 0 Å². The van der Waals surface area contributed by atoms with Gasteiger partial charge in [0, 0.05) is 24.7 Å². The zero-order valence-electron chi connectivity index (χ0n) is 11.4. The second-order valence-electron chi connectivity index (χ2n) is 4.96. The van der Waals surface area contributed by atoms with Gasteiger partial charge in [0.25, 0.3) is 0 Å². The quantitative estimate of drug-likeness (QED) is 0.850. The second kappa shape index (κ2) is 6.79. The third kappa shape index (κ3) is 3.62. The lowest BCUT2D eigenvalue weighted by molar-refractivity contribution is 0.294. The highest BCUT2D eigenvalue weighted by atomic mass is 35.5. The molecule has 0 saturated carbocycles. The molecule has 0 aromatic heterocycles. The fraction of sp³-hybridized carbons (Fsp3) is 0.533. The SMILES string of the molecule is CCCN1CCCN(c2cc(Cl)ccc2C#N)CC1. The molecule has 1 aromatic rings. The summed E-state index contributed by atoms with van der Waals surface area (Å²) < 4.78 is 0. The molecule has 0 aliphatic carbocycles. The van der Waals surface area contributed by atoms with Crippen LogP contribution in [-0.2, 0) is 0 Å². The fourth-order valence-corrected chi connectivity index (χ4v) is 2.78. The summed E-state index contributed by atoms with van der Waals surface area (Å²) in [7, 11) is 0. The Balaban J connectivity index is 2.14. The molecule has 1 heterocycles. The Kier molecular flexibility index (Phi) is 5.07. The Labute approximate surface area is 120 Å². The minimum Gasteiger partial charge on any atom is -0.369 e. The largest absolute Gasteiger partial charge is 0.369 e. The minimum absolute atomic E-state index is 0.698. The van der Waals surface area contributed by atoms with Crippen LogP contribution in [0, 0.1) is 11.3 Å². The van der Waals surface area contributed by atoms with Gasteiger partial charge in [-0.05, 0) is 44.1 Å². The molecule has 102 valence electrons. The number of hydrogen-bond acceptors (Lipinski definition) is 3. The number of benzene rings is 1. The predicted octanol–water partition coefficient (Wildman–Crippen LogP) is 3.13.